The summed E-state index contributed by atoms with van der Waals surface area (Å²) < 4.78 is 5.51. The summed E-state index contributed by atoms with van der Waals surface area (Å²) in [7, 11) is 0. The molecule has 1 aliphatic carbocycles. The fourth-order valence-electron chi connectivity index (χ4n) is 4.53. The second-order valence-corrected chi connectivity index (χ2v) is 6.97. The molecule has 4 nitrogen and oxygen atoms in total. The number of nitrogens with zero attached hydrogens (tertiary/aromatic N) is 1. The van der Waals surface area contributed by atoms with Crippen LogP contribution in [0.25, 0.3) is 0 Å². The minimum Gasteiger partial charge on any atom is -0.481 e. The molecule has 0 bridgehead atoms. The average Bonchev–Trinajstić information content (AvgIpc) is 3.10. The number of rotatable bonds is 4. The van der Waals surface area contributed by atoms with Gasteiger partial charge in [-0.1, -0.05) is 12.8 Å². The first-order valence-corrected chi connectivity index (χ1v) is 8.26. The molecule has 0 radical (unpaired) electrons. The normalized spacial score (nSPS) is 36.5. The Morgan fingerprint density at radius 1 is 1.20 bits per heavy atom. The maximum atomic E-state index is 11.8. The zero-order valence-electron chi connectivity index (χ0n) is 12.4. The molecule has 2 heterocycles. The largest absolute Gasteiger partial charge is 0.481 e. The van der Waals surface area contributed by atoms with Crippen molar-refractivity contribution in [2.75, 3.05) is 26.3 Å². The van der Waals surface area contributed by atoms with Gasteiger partial charge in [-0.2, -0.15) is 0 Å². The molecular weight excluding hydrogens is 254 g/mol. The van der Waals surface area contributed by atoms with Gasteiger partial charge in [0.15, 0.2) is 0 Å². The van der Waals surface area contributed by atoms with Crippen LogP contribution in [0.4, 0.5) is 0 Å². The van der Waals surface area contributed by atoms with E-state index in [-0.39, 0.29) is 0 Å². The van der Waals surface area contributed by atoms with Crippen LogP contribution in [0.5, 0.6) is 0 Å². The summed E-state index contributed by atoms with van der Waals surface area (Å²) in [6, 6.07) is 0.635. The van der Waals surface area contributed by atoms with E-state index >= 15 is 0 Å². The van der Waals surface area contributed by atoms with Crippen molar-refractivity contribution >= 4 is 5.97 Å². The van der Waals surface area contributed by atoms with Crippen molar-refractivity contribution in [3.05, 3.63) is 0 Å². The Kier molecular flexibility index (Phi) is 4.32. The fourth-order valence-corrected chi connectivity index (χ4v) is 4.53. The first-order valence-electron chi connectivity index (χ1n) is 8.26. The summed E-state index contributed by atoms with van der Waals surface area (Å²) in [6.07, 6.45) is 9.57. The minimum atomic E-state index is -0.658. The Labute approximate surface area is 121 Å². The highest BCUT2D eigenvalue weighted by Crippen LogP contribution is 2.38. The van der Waals surface area contributed by atoms with E-state index in [2.05, 4.69) is 4.90 Å². The zero-order chi connectivity index (χ0) is 14.0. The van der Waals surface area contributed by atoms with Crippen molar-refractivity contribution in [1.29, 1.82) is 0 Å². The molecule has 2 aliphatic heterocycles. The van der Waals surface area contributed by atoms with E-state index in [1.54, 1.807) is 0 Å². The monoisotopic (exact) mass is 281 g/mol. The van der Waals surface area contributed by atoms with E-state index in [0.29, 0.717) is 19.2 Å². The fraction of sp³-hybridized carbons (Fsp3) is 0.938. The van der Waals surface area contributed by atoms with E-state index in [4.69, 9.17) is 4.74 Å². The van der Waals surface area contributed by atoms with Gasteiger partial charge in [0.1, 0.15) is 5.41 Å². The zero-order valence-corrected chi connectivity index (χ0v) is 12.4. The molecule has 3 rings (SSSR count). The second kappa shape index (κ2) is 6.02. The quantitative estimate of drug-likeness (QED) is 0.860. The summed E-state index contributed by atoms with van der Waals surface area (Å²) in [5.41, 5.74) is -0.653. The van der Waals surface area contributed by atoms with Crippen LogP contribution in [0.2, 0.25) is 0 Å². The van der Waals surface area contributed by atoms with E-state index in [0.717, 1.165) is 31.9 Å². The topological polar surface area (TPSA) is 49.8 Å². The van der Waals surface area contributed by atoms with E-state index in [1.165, 1.54) is 38.5 Å². The third kappa shape index (κ3) is 2.73. The average molecular weight is 281 g/mol. The highest BCUT2D eigenvalue weighted by atomic mass is 16.5. The Bertz CT molecular complexity index is 346. The molecule has 0 aromatic heterocycles. The molecule has 2 unspecified atom stereocenters. The predicted octanol–water partition coefficient (Wildman–Crippen LogP) is 2.52. The number of hydrogen-bond acceptors (Lipinski definition) is 3. The first-order chi connectivity index (χ1) is 9.71. The number of hydrogen-bond donors (Lipinski definition) is 1. The van der Waals surface area contributed by atoms with Crippen molar-refractivity contribution in [3.8, 4) is 0 Å². The molecule has 2 saturated heterocycles. The smallest absolute Gasteiger partial charge is 0.313 e. The molecule has 0 aromatic carbocycles. The van der Waals surface area contributed by atoms with Gasteiger partial charge < -0.3 is 9.84 Å². The van der Waals surface area contributed by atoms with Gasteiger partial charge in [-0.05, 0) is 51.0 Å². The molecule has 20 heavy (non-hydrogen) atoms. The van der Waals surface area contributed by atoms with Crippen molar-refractivity contribution in [2.45, 2.75) is 57.4 Å². The van der Waals surface area contributed by atoms with Crippen molar-refractivity contribution < 1.29 is 14.6 Å². The number of carbonyl (C=O) groups is 1. The lowest BCUT2D eigenvalue weighted by atomic mass is 9.81. The Morgan fingerprint density at radius 3 is 2.65 bits per heavy atom. The van der Waals surface area contributed by atoms with Crippen LogP contribution in [-0.2, 0) is 9.53 Å². The van der Waals surface area contributed by atoms with E-state index < -0.39 is 11.4 Å². The second-order valence-electron chi connectivity index (χ2n) is 6.97. The molecule has 2 atom stereocenters. The van der Waals surface area contributed by atoms with Gasteiger partial charge in [-0.15, -0.1) is 0 Å². The minimum absolute atomic E-state index is 0.399. The van der Waals surface area contributed by atoms with Gasteiger partial charge in [-0.3, -0.25) is 9.69 Å². The Balaban J connectivity index is 1.69. The molecular formula is C16H27NO3. The van der Waals surface area contributed by atoms with Crippen molar-refractivity contribution in [1.82, 2.24) is 4.90 Å². The van der Waals surface area contributed by atoms with Crippen LogP contribution in [-0.4, -0.2) is 48.3 Å². The molecule has 4 heteroatoms. The molecule has 0 spiro atoms. The third-order valence-corrected chi connectivity index (χ3v) is 5.64. The summed E-state index contributed by atoms with van der Waals surface area (Å²) in [4.78, 5) is 14.3. The van der Waals surface area contributed by atoms with Crippen LogP contribution in [0.15, 0.2) is 0 Å². The van der Waals surface area contributed by atoms with Gasteiger partial charge in [0.25, 0.3) is 0 Å². The lowest BCUT2D eigenvalue weighted by Crippen LogP contribution is -2.50. The summed E-state index contributed by atoms with van der Waals surface area (Å²) in [6.45, 7) is 2.90. The van der Waals surface area contributed by atoms with Crippen molar-refractivity contribution in [3.63, 3.8) is 0 Å². The molecule has 0 amide bonds. The lowest BCUT2D eigenvalue weighted by Gasteiger charge is -2.39. The van der Waals surface area contributed by atoms with Crippen LogP contribution in [0.3, 0.4) is 0 Å². The van der Waals surface area contributed by atoms with Gasteiger partial charge >= 0.3 is 5.97 Å². The SMILES string of the molecule is O=C(O)C1(CN2CCCC2C2CCCC2)CCCOC1. The highest BCUT2D eigenvalue weighted by molar-refractivity contribution is 5.75. The highest BCUT2D eigenvalue weighted by Gasteiger charge is 2.45. The predicted molar refractivity (Wildman–Crippen MR) is 76.7 cm³/mol. The molecule has 114 valence electrons. The molecule has 3 fully saturated rings. The van der Waals surface area contributed by atoms with Gasteiger partial charge in [0.2, 0.25) is 0 Å². The van der Waals surface area contributed by atoms with Crippen molar-refractivity contribution in [2.24, 2.45) is 11.3 Å². The van der Waals surface area contributed by atoms with Gasteiger partial charge in [0.05, 0.1) is 6.61 Å². The van der Waals surface area contributed by atoms with Crippen LogP contribution in [0.1, 0.15) is 51.4 Å². The molecule has 1 N–H and O–H groups in total. The first kappa shape index (κ1) is 14.3. The van der Waals surface area contributed by atoms with E-state index in [1.807, 2.05) is 0 Å². The lowest BCUT2D eigenvalue weighted by molar-refractivity contribution is -0.159. The number of likely N-dealkylation sites (tertiary alicyclic amines) is 1. The van der Waals surface area contributed by atoms with Crippen LogP contribution >= 0.6 is 0 Å². The Hall–Kier alpha value is -0.610. The Morgan fingerprint density at radius 2 is 2.00 bits per heavy atom. The van der Waals surface area contributed by atoms with Gasteiger partial charge in [-0.25, -0.2) is 0 Å². The van der Waals surface area contributed by atoms with Crippen LogP contribution < -0.4 is 0 Å². The van der Waals surface area contributed by atoms with Gasteiger partial charge in [0, 0.05) is 19.2 Å². The molecule has 3 aliphatic rings. The third-order valence-electron chi connectivity index (χ3n) is 5.64. The van der Waals surface area contributed by atoms with E-state index in [9.17, 15) is 9.90 Å². The number of carboxylic acids is 1. The van der Waals surface area contributed by atoms with Crippen LogP contribution in [0, 0.1) is 11.3 Å². The summed E-state index contributed by atoms with van der Waals surface area (Å²) in [5, 5.41) is 9.69. The molecule has 1 saturated carbocycles. The number of aliphatic carboxylic acids is 1. The number of ether oxygens (including phenoxy) is 1. The molecule has 0 aromatic rings. The standard InChI is InChI=1S/C16H27NO3/c18-15(19)16(8-4-10-20-12-16)11-17-9-3-7-14(17)13-5-1-2-6-13/h13-14H,1-12H2,(H,18,19). The maximum absolute atomic E-state index is 11.8. The summed E-state index contributed by atoms with van der Waals surface area (Å²) >= 11 is 0. The maximum Gasteiger partial charge on any atom is 0.313 e. The summed E-state index contributed by atoms with van der Waals surface area (Å²) in [5.74, 6) is 0.155. The number of carboxylic acid groups (broad SMARTS) is 1.